The van der Waals surface area contributed by atoms with Crippen LogP contribution in [0.1, 0.15) is 21.5 Å². The molecule has 192 valence electrons. The average molecular weight is 540 g/mol. The van der Waals surface area contributed by atoms with E-state index >= 15 is 0 Å². The average Bonchev–Trinajstić information content (AvgIpc) is 3.38. The Morgan fingerprint density at radius 3 is 2.49 bits per heavy atom. The van der Waals surface area contributed by atoms with Gasteiger partial charge in [0.15, 0.2) is 16.7 Å². The van der Waals surface area contributed by atoms with Gasteiger partial charge in [0.05, 0.1) is 37.6 Å². The Kier molecular flexibility index (Phi) is 8.47. The van der Waals surface area contributed by atoms with Crippen LogP contribution in [0, 0.1) is 0 Å². The molecule has 0 atom stereocenters. The number of thiophene rings is 1. The zero-order valence-corrected chi connectivity index (χ0v) is 21.9. The maximum Gasteiger partial charge on any atom is 0.335 e. The molecule has 2 aromatic heterocycles. The zero-order valence-electron chi connectivity index (χ0n) is 20.2. The Bertz CT molecular complexity index is 1480. The van der Waals surface area contributed by atoms with Crippen LogP contribution in [0.25, 0.3) is 10.2 Å². The van der Waals surface area contributed by atoms with Gasteiger partial charge in [-0.3, -0.25) is 14.2 Å². The van der Waals surface area contributed by atoms with Crippen LogP contribution in [-0.2, 0) is 17.8 Å². The number of thioether (sulfide) groups is 1. The highest BCUT2D eigenvalue weighted by atomic mass is 32.2. The molecule has 0 aliphatic carbocycles. The first-order valence-corrected chi connectivity index (χ1v) is 13.2. The van der Waals surface area contributed by atoms with Gasteiger partial charge in [-0.1, -0.05) is 30.0 Å². The summed E-state index contributed by atoms with van der Waals surface area (Å²) in [5, 5.41) is 14.3. The summed E-state index contributed by atoms with van der Waals surface area (Å²) in [6.07, 6.45) is 0.618. The summed E-state index contributed by atoms with van der Waals surface area (Å²) in [6.45, 7) is 0.650. The number of methoxy groups -OCH3 is 2. The maximum atomic E-state index is 13.2. The molecule has 2 aromatic carbocycles. The molecule has 4 aromatic rings. The third-order valence-corrected chi connectivity index (χ3v) is 7.46. The number of carbonyl (C=O) groups excluding carboxylic acids is 1. The van der Waals surface area contributed by atoms with Crippen molar-refractivity contribution in [3.63, 3.8) is 0 Å². The first kappa shape index (κ1) is 26.2. The molecular formula is C26H25N3O6S2. The lowest BCUT2D eigenvalue weighted by atomic mass is 10.1. The van der Waals surface area contributed by atoms with Crippen LogP contribution in [0.2, 0.25) is 0 Å². The second kappa shape index (κ2) is 11.9. The summed E-state index contributed by atoms with van der Waals surface area (Å²) in [5.74, 6) is 0.172. The van der Waals surface area contributed by atoms with Crippen LogP contribution >= 0.6 is 23.1 Å². The van der Waals surface area contributed by atoms with Crippen LogP contribution in [0.3, 0.4) is 0 Å². The number of hydrogen-bond donors (Lipinski definition) is 2. The molecule has 0 bridgehead atoms. The van der Waals surface area contributed by atoms with E-state index in [-0.39, 0.29) is 29.3 Å². The third-order valence-electron chi connectivity index (χ3n) is 5.59. The lowest BCUT2D eigenvalue weighted by molar-refractivity contribution is -0.118. The van der Waals surface area contributed by atoms with Gasteiger partial charge in [-0.25, -0.2) is 9.78 Å². The van der Waals surface area contributed by atoms with Crippen LogP contribution in [0.5, 0.6) is 11.5 Å². The Morgan fingerprint density at radius 2 is 1.78 bits per heavy atom. The fourth-order valence-corrected chi connectivity index (χ4v) is 5.28. The van der Waals surface area contributed by atoms with Crippen molar-refractivity contribution < 1.29 is 24.2 Å². The maximum absolute atomic E-state index is 13.2. The number of benzene rings is 2. The fraction of sp³-hybridized carbons (Fsp3) is 0.231. The SMILES string of the molecule is COc1ccc(CCNC(=O)CSc2nc3ccsc3c(=O)n2Cc2ccc(C(=O)O)cc2)cc1OC. The summed E-state index contributed by atoms with van der Waals surface area (Å²) >= 11 is 2.50. The van der Waals surface area contributed by atoms with Crippen molar-refractivity contribution in [2.75, 3.05) is 26.5 Å². The van der Waals surface area contributed by atoms with E-state index < -0.39 is 5.97 Å². The quantitative estimate of drug-likeness (QED) is 0.219. The summed E-state index contributed by atoms with van der Waals surface area (Å²) < 4.78 is 12.6. The van der Waals surface area contributed by atoms with E-state index in [1.165, 1.54) is 39.8 Å². The molecule has 0 aliphatic rings. The van der Waals surface area contributed by atoms with Gasteiger partial charge in [-0.05, 0) is 53.3 Å². The van der Waals surface area contributed by atoms with Crippen molar-refractivity contribution >= 4 is 45.2 Å². The number of aromatic nitrogens is 2. The van der Waals surface area contributed by atoms with E-state index in [0.717, 1.165) is 11.1 Å². The minimum atomic E-state index is -1.02. The van der Waals surface area contributed by atoms with Crippen molar-refractivity contribution in [1.82, 2.24) is 14.9 Å². The number of carbonyl (C=O) groups is 2. The molecule has 0 unspecified atom stereocenters. The molecule has 0 spiro atoms. The molecule has 0 saturated heterocycles. The van der Waals surface area contributed by atoms with Crippen LogP contribution in [0.4, 0.5) is 0 Å². The summed E-state index contributed by atoms with van der Waals surface area (Å²) in [7, 11) is 3.15. The van der Waals surface area contributed by atoms with E-state index in [4.69, 9.17) is 14.6 Å². The second-order valence-corrected chi connectivity index (χ2v) is 9.86. The van der Waals surface area contributed by atoms with Gasteiger partial charge >= 0.3 is 5.97 Å². The molecule has 0 radical (unpaired) electrons. The van der Waals surface area contributed by atoms with Gasteiger partial charge in [-0.15, -0.1) is 11.3 Å². The molecule has 37 heavy (non-hydrogen) atoms. The van der Waals surface area contributed by atoms with Crippen molar-refractivity contribution in [2.24, 2.45) is 0 Å². The fourth-order valence-electron chi connectivity index (χ4n) is 3.67. The first-order chi connectivity index (χ1) is 17.9. The molecule has 2 heterocycles. The van der Waals surface area contributed by atoms with Crippen LogP contribution < -0.4 is 20.3 Å². The van der Waals surface area contributed by atoms with Crippen molar-refractivity contribution in [1.29, 1.82) is 0 Å². The lowest BCUT2D eigenvalue weighted by Gasteiger charge is -2.13. The number of carboxylic acids is 1. The predicted molar refractivity (Wildman–Crippen MR) is 143 cm³/mol. The molecule has 2 N–H and O–H groups in total. The van der Waals surface area contributed by atoms with Gasteiger partial charge in [-0.2, -0.15) is 0 Å². The highest BCUT2D eigenvalue weighted by Gasteiger charge is 2.15. The Balaban J connectivity index is 1.42. The second-order valence-electron chi connectivity index (χ2n) is 8.00. The number of hydrogen-bond acceptors (Lipinski definition) is 8. The van der Waals surface area contributed by atoms with Gasteiger partial charge in [0.25, 0.3) is 5.56 Å². The summed E-state index contributed by atoms with van der Waals surface area (Å²) in [5.41, 5.74) is 2.31. The molecule has 9 nitrogen and oxygen atoms in total. The lowest BCUT2D eigenvalue weighted by Crippen LogP contribution is -2.28. The first-order valence-electron chi connectivity index (χ1n) is 11.3. The number of ether oxygens (including phenoxy) is 2. The number of carboxylic acid groups (broad SMARTS) is 1. The molecule has 11 heteroatoms. The Morgan fingerprint density at radius 1 is 1.05 bits per heavy atom. The number of fused-ring (bicyclic) bond motifs is 1. The van der Waals surface area contributed by atoms with E-state index in [1.807, 2.05) is 18.2 Å². The summed E-state index contributed by atoms with van der Waals surface area (Å²) in [4.78, 5) is 41.5. The smallest absolute Gasteiger partial charge is 0.335 e. The predicted octanol–water partition coefficient (Wildman–Crippen LogP) is 3.67. The highest BCUT2D eigenvalue weighted by Crippen LogP contribution is 2.27. The normalized spacial score (nSPS) is 10.9. The summed E-state index contributed by atoms with van der Waals surface area (Å²) in [6, 6.07) is 13.7. The minimum absolute atomic E-state index is 0.0893. The largest absolute Gasteiger partial charge is 0.493 e. The number of rotatable bonds is 11. The Hall–Kier alpha value is -3.83. The number of nitrogens with zero attached hydrogens (tertiary/aromatic N) is 2. The molecule has 0 fully saturated rings. The van der Waals surface area contributed by atoms with Gasteiger partial charge in [0.1, 0.15) is 4.70 Å². The standard InChI is InChI=1S/C26H25N3O6S2/c1-34-20-8-5-16(13-21(20)35-2)9-11-27-22(30)15-37-26-28-19-10-12-36-23(19)24(31)29(26)14-17-3-6-18(7-4-17)25(32)33/h3-8,10,12-13H,9,11,14-15H2,1-2H3,(H,27,30)(H,32,33). The molecular weight excluding hydrogens is 514 g/mol. The van der Waals surface area contributed by atoms with Crippen molar-refractivity contribution in [3.8, 4) is 11.5 Å². The van der Waals surface area contributed by atoms with Crippen LogP contribution in [0.15, 0.2) is 63.9 Å². The van der Waals surface area contributed by atoms with Crippen LogP contribution in [-0.4, -0.2) is 53.1 Å². The van der Waals surface area contributed by atoms with Gasteiger partial charge in [0.2, 0.25) is 5.91 Å². The van der Waals surface area contributed by atoms with E-state index in [0.29, 0.717) is 39.8 Å². The van der Waals surface area contributed by atoms with Crippen molar-refractivity contribution in [3.05, 3.63) is 81.0 Å². The topological polar surface area (TPSA) is 120 Å². The highest BCUT2D eigenvalue weighted by molar-refractivity contribution is 7.99. The minimum Gasteiger partial charge on any atom is -0.493 e. The number of nitrogens with one attached hydrogen (secondary N) is 1. The molecule has 4 rings (SSSR count). The zero-order chi connectivity index (χ0) is 26.4. The van der Waals surface area contributed by atoms with Gasteiger partial charge < -0.3 is 19.9 Å². The van der Waals surface area contributed by atoms with E-state index in [9.17, 15) is 14.4 Å². The molecule has 1 amide bonds. The number of amides is 1. The van der Waals surface area contributed by atoms with E-state index in [2.05, 4.69) is 10.3 Å². The Labute approximate surface area is 221 Å². The van der Waals surface area contributed by atoms with Crippen molar-refractivity contribution in [2.45, 2.75) is 18.1 Å². The third kappa shape index (κ3) is 6.30. The number of aromatic carboxylic acids is 1. The van der Waals surface area contributed by atoms with E-state index in [1.54, 1.807) is 37.8 Å². The van der Waals surface area contributed by atoms with Gasteiger partial charge in [0, 0.05) is 6.54 Å². The molecule has 0 saturated carbocycles. The monoisotopic (exact) mass is 539 g/mol. The molecule has 0 aliphatic heterocycles.